The number of nitrogens with zero attached hydrogens (tertiary/aromatic N) is 3. The third-order valence-corrected chi connectivity index (χ3v) is 6.57. The summed E-state index contributed by atoms with van der Waals surface area (Å²) in [6, 6.07) is 5.69. The van der Waals surface area contributed by atoms with Crippen molar-refractivity contribution in [2.24, 2.45) is 5.73 Å². The van der Waals surface area contributed by atoms with E-state index in [1.54, 1.807) is 12.3 Å². The highest BCUT2D eigenvalue weighted by Gasteiger charge is 2.23. The Morgan fingerprint density at radius 3 is 2.61 bits per heavy atom. The average molecular weight is 494 g/mol. The molecule has 1 aliphatic rings. The standard InChI is InChI=1S/C21H24ClN5O5S/c1-3-24-21-25-8-12-6-16(15-5-4-14(7-17(15)22)33(2,29)30)20(28)27(19(12)26-21)9-18-31-10-13(23)11-32-18/h4-8,13,18H,3,9-11,23H2,1-2H3,(H,24,25,26). The molecule has 1 aliphatic heterocycles. The molecule has 3 heterocycles. The molecule has 176 valence electrons. The minimum atomic E-state index is -3.45. The number of sulfone groups is 1. The highest BCUT2D eigenvalue weighted by Crippen LogP contribution is 2.30. The largest absolute Gasteiger partial charge is 0.354 e. The third kappa shape index (κ3) is 5.02. The number of anilines is 1. The van der Waals surface area contributed by atoms with Crippen LogP contribution in [0.3, 0.4) is 0 Å². The van der Waals surface area contributed by atoms with Crippen molar-refractivity contribution in [2.75, 3.05) is 31.3 Å². The second-order valence-electron chi connectivity index (χ2n) is 7.75. The molecule has 1 aromatic carbocycles. The van der Waals surface area contributed by atoms with Crippen molar-refractivity contribution in [3.63, 3.8) is 0 Å². The van der Waals surface area contributed by atoms with Gasteiger partial charge in [0.15, 0.2) is 16.1 Å². The minimum Gasteiger partial charge on any atom is -0.354 e. The van der Waals surface area contributed by atoms with E-state index in [4.69, 9.17) is 26.8 Å². The van der Waals surface area contributed by atoms with E-state index < -0.39 is 16.1 Å². The van der Waals surface area contributed by atoms with Gasteiger partial charge >= 0.3 is 0 Å². The van der Waals surface area contributed by atoms with Gasteiger partial charge in [-0.1, -0.05) is 17.7 Å². The monoisotopic (exact) mass is 493 g/mol. The Morgan fingerprint density at radius 2 is 1.97 bits per heavy atom. The Balaban J connectivity index is 1.87. The lowest BCUT2D eigenvalue weighted by molar-refractivity contribution is -0.191. The second-order valence-corrected chi connectivity index (χ2v) is 10.2. The number of benzene rings is 1. The minimum absolute atomic E-state index is 0.0660. The third-order valence-electron chi connectivity index (χ3n) is 5.14. The number of nitrogens with one attached hydrogen (secondary N) is 1. The average Bonchev–Trinajstić information content (AvgIpc) is 2.77. The number of hydrogen-bond donors (Lipinski definition) is 2. The van der Waals surface area contributed by atoms with Crippen molar-refractivity contribution in [2.45, 2.75) is 30.7 Å². The Morgan fingerprint density at radius 1 is 1.24 bits per heavy atom. The molecule has 4 rings (SSSR count). The van der Waals surface area contributed by atoms with Gasteiger partial charge in [-0.25, -0.2) is 13.4 Å². The molecule has 12 heteroatoms. The highest BCUT2D eigenvalue weighted by molar-refractivity contribution is 7.90. The van der Waals surface area contributed by atoms with Gasteiger partial charge in [0.05, 0.1) is 30.7 Å². The van der Waals surface area contributed by atoms with E-state index in [1.165, 1.54) is 22.8 Å². The summed E-state index contributed by atoms with van der Waals surface area (Å²) in [5.41, 5.74) is 6.52. The van der Waals surface area contributed by atoms with Crippen molar-refractivity contribution < 1.29 is 17.9 Å². The van der Waals surface area contributed by atoms with Crippen LogP contribution < -0.4 is 16.6 Å². The van der Waals surface area contributed by atoms with Crippen LogP contribution in [-0.2, 0) is 25.9 Å². The van der Waals surface area contributed by atoms with Crippen LogP contribution in [0.25, 0.3) is 22.2 Å². The number of hydrogen-bond acceptors (Lipinski definition) is 9. The van der Waals surface area contributed by atoms with Gasteiger partial charge in [0.1, 0.15) is 5.65 Å². The van der Waals surface area contributed by atoms with Crippen LogP contribution in [0.2, 0.25) is 5.02 Å². The number of ether oxygens (including phenoxy) is 2. The second kappa shape index (κ2) is 9.35. The molecule has 2 aromatic heterocycles. The van der Waals surface area contributed by atoms with E-state index >= 15 is 0 Å². The predicted octanol–water partition coefficient (Wildman–Crippen LogP) is 1.65. The Labute approximate surface area is 195 Å². The van der Waals surface area contributed by atoms with Crippen LogP contribution in [0.1, 0.15) is 6.92 Å². The highest BCUT2D eigenvalue weighted by atomic mass is 35.5. The lowest BCUT2D eigenvalue weighted by Gasteiger charge is -2.28. The van der Waals surface area contributed by atoms with Crippen LogP contribution in [0.5, 0.6) is 0 Å². The van der Waals surface area contributed by atoms with E-state index in [0.717, 1.165) is 6.26 Å². The number of fused-ring (bicyclic) bond motifs is 1. The molecule has 1 fully saturated rings. The molecule has 3 aromatic rings. The molecule has 0 atom stereocenters. The topological polar surface area (TPSA) is 138 Å². The molecule has 0 unspecified atom stereocenters. The molecule has 0 aliphatic carbocycles. The van der Waals surface area contributed by atoms with Crippen molar-refractivity contribution in [1.82, 2.24) is 14.5 Å². The molecular weight excluding hydrogens is 470 g/mol. The van der Waals surface area contributed by atoms with Crippen molar-refractivity contribution in [3.05, 3.63) is 45.8 Å². The van der Waals surface area contributed by atoms with Crippen molar-refractivity contribution in [1.29, 1.82) is 0 Å². The number of pyridine rings is 1. The smallest absolute Gasteiger partial charge is 0.260 e. The Kier molecular flexibility index (Phi) is 6.68. The fourth-order valence-corrected chi connectivity index (χ4v) is 4.52. The first-order valence-electron chi connectivity index (χ1n) is 10.3. The van der Waals surface area contributed by atoms with Gasteiger partial charge in [-0.2, -0.15) is 4.98 Å². The van der Waals surface area contributed by atoms with Crippen LogP contribution in [-0.4, -0.2) is 61.3 Å². The first-order valence-corrected chi connectivity index (χ1v) is 12.6. The van der Waals surface area contributed by atoms with E-state index in [9.17, 15) is 13.2 Å². The van der Waals surface area contributed by atoms with Crippen LogP contribution in [0.4, 0.5) is 5.95 Å². The molecule has 3 N–H and O–H groups in total. The lowest BCUT2D eigenvalue weighted by Crippen LogP contribution is -2.43. The maximum absolute atomic E-state index is 13.6. The molecule has 10 nitrogen and oxygen atoms in total. The maximum atomic E-state index is 13.6. The van der Waals surface area contributed by atoms with Gasteiger partial charge in [0.25, 0.3) is 5.56 Å². The predicted molar refractivity (Wildman–Crippen MR) is 125 cm³/mol. The van der Waals surface area contributed by atoms with E-state index in [0.29, 0.717) is 42.3 Å². The lowest BCUT2D eigenvalue weighted by atomic mass is 10.1. The molecule has 33 heavy (non-hydrogen) atoms. The van der Waals surface area contributed by atoms with Gasteiger partial charge in [0, 0.05) is 40.5 Å². The molecule has 0 radical (unpaired) electrons. The van der Waals surface area contributed by atoms with Crippen LogP contribution >= 0.6 is 11.6 Å². The number of halogens is 1. The summed E-state index contributed by atoms with van der Waals surface area (Å²) in [4.78, 5) is 22.5. The number of nitrogens with two attached hydrogens (primary N) is 1. The van der Waals surface area contributed by atoms with Crippen LogP contribution in [0, 0.1) is 0 Å². The quantitative estimate of drug-likeness (QED) is 0.524. The molecule has 0 spiro atoms. The zero-order chi connectivity index (χ0) is 23.8. The van der Waals surface area contributed by atoms with Gasteiger partial charge in [-0.05, 0) is 25.1 Å². The molecule has 1 saturated heterocycles. The first-order chi connectivity index (χ1) is 15.7. The zero-order valence-corrected chi connectivity index (χ0v) is 19.7. The van der Waals surface area contributed by atoms with Gasteiger partial charge < -0.3 is 20.5 Å². The first kappa shape index (κ1) is 23.6. The number of aromatic nitrogens is 3. The summed E-state index contributed by atoms with van der Waals surface area (Å²) in [5.74, 6) is 0.383. The zero-order valence-electron chi connectivity index (χ0n) is 18.1. The fourth-order valence-electron chi connectivity index (χ4n) is 3.52. The Bertz CT molecular complexity index is 1350. The summed E-state index contributed by atoms with van der Waals surface area (Å²) < 4.78 is 36.5. The maximum Gasteiger partial charge on any atom is 0.260 e. The summed E-state index contributed by atoms with van der Waals surface area (Å²) in [6.45, 7) is 3.24. The fraction of sp³-hybridized carbons (Fsp3) is 0.381. The number of rotatable bonds is 6. The summed E-state index contributed by atoms with van der Waals surface area (Å²) in [5, 5.41) is 3.78. The molecule has 0 saturated carbocycles. The summed E-state index contributed by atoms with van der Waals surface area (Å²) >= 11 is 6.40. The Hall–Kier alpha value is -2.57. The van der Waals surface area contributed by atoms with Crippen molar-refractivity contribution >= 4 is 38.4 Å². The van der Waals surface area contributed by atoms with E-state index in [2.05, 4.69) is 15.3 Å². The van der Waals surface area contributed by atoms with Gasteiger partial charge in [-0.3, -0.25) is 9.36 Å². The van der Waals surface area contributed by atoms with Gasteiger partial charge in [-0.15, -0.1) is 0 Å². The summed E-state index contributed by atoms with van der Waals surface area (Å²) in [6.07, 6.45) is 2.02. The molecule has 0 bridgehead atoms. The molecule has 0 amide bonds. The van der Waals surface area contributed by atoms with E-state index in [1.807, 2.05) is 6.92 Å². The van der Waals surface area contributed by atoms with Crippen molar-refractivity contribution in [3.8, 4) is 11.1 Å². The molecular formula is C21H24ClN5O5S. The van der Waals surface area contributed by atoms with E-state index in [-0.39, 0.29) is 33.6 Å². The normalized spacial score (nSPS) is 19.0. The van der Waals surface area contributed by atoms with Gasteiger partial charge in [0.2, 0.25) is 5.95 Å². The SMILES string of the molecule is CCNc1ncc2cc(-c3ccc(S(C)(=O)=O)cc3Cl)c(=O)n(CC3OCC(N)CO3)c2n1. The van der Waals surface area contributed by atoms with Crippen LogP contribution in [0.15, 0.2) is 40.2 Å². The summed E-state index contributed by atoms with van der Waals surface area (Å²) in [7, 11) is -3.45.